The van der Waals surface area contributed by atoms with Crippen molar-refractivity contribution in [1.82, 2.24) is 15.2 Å². The number of urea groups is 1. The maximum absolute atomic E-state index is 13.1. The van der Waals surface area contributed by atoms with Crippen molar-refractivity contribution in [1.29, 1.82) is 0 Å². The highest BCUT2D eigenvalue weighted by Gasteiger charge is 2.39. The van der Waals surface area contributed by atoms with Crippen LogP contribution in [0.4, 0.5) is 9.18 Å². The van der Waals surface area contributed by atoms with Gasteiger partial charge in [0, 0.05) is 19.0 Å². The Kier molecular flexibility index (Phi) is 4.55. The number of hydrogen-bond acceptors (Lipinski definition) is 3. The molecule has 2 heterocycles. The number of nitrogens with zero attached hydrogens (tertiary/aromatic N) is 2. The van der Waals surface area contributed by atoms with Crippen molar-refractivity contribution in [2.75, 3.05) is 6.54 Å². The van der Waals surface area contributed by atoms with Crippen LogP contribution in [-0.2, 0) is 13.0 Å². The van der Waals surface area contributed by atoms with E-state index in [1.807, 2.05) is 4.90 Å². The van der Waals surface area contributed by atoms with Crippen LogP contribution in [-0.4, -0.2) is 28.0 Å². The molecule has 1 fully saturated rings. The first-order chi connectivity index (χ1) is 11.5. The van der Waals surface area contributed by atoms with Crippen LogP contribution in [0.1, 0.15) is 37.0 Å². The average Bonchev–Trinajstić information content (AvgIpc) is 3.13. The van der Waals surface area contributed by atoms with Crippen LogP contribution in [0.25, 0.3) is 0 Å². The van der Waals surface area contributed by atoms with E-state index in [9.17, 15) is 9.18 Å². The van der Waals surface area contributed by atoms with E-state index in [-0.39, 0.29) is 17.4 Å². The van der Waals surface area contributed by atoms with E-state index in [1.165, 1.54) is 12.1 Å². The Morgan fingerprint density at radius 3 is 2.83 bits per heavy atom. The SMILES string of the molecule is Cc1ncc(CNC(=O)N2CCC[C@@]2(C)Cc2ccc(F)cc2)o1. The highest BCUT2D eigenvalue weighted by Crippen LogP contribution is 2.32. The number of aromatic nitrogens is 1. The van der Waals surface area contributed by atoms with Crippen LogP contribution in [0.5, 0.6) is 0 Å². The fourth-order valence-electron chi connectivity index (χ4n) is 3.34. The minimum Gasteiger partial charge on any atom is -0.444 e. The second-order valence-corrected chi connectivity index (χ2v) is 6.56. The highest BCUT2D eigenvalue weighted by atomic mass is 19.1. The lowest BCUT2D eigenvalue weighted by molar-refractivity contribution is 0.154. The molecule has 0 aliphatic carbocycles. The van der Waals surface area contributed by atoms with E-state index in [2.05, 4.69) is 17.2 Å². The van der Waals surface area contributed by atoms with Gasteiger partial charge in [-0.15, -0.1) is 0 Å². The summed E-state index contributed by atoms with van der Waals surface area (Å²) in [5.41, 5.74) is 0.767. The number of halogens is 1. The lowest BCUT2D eigenvalue weighted by atomic mass is 9.90. The Hall–Kier alpha value is -2.37. The van der Waals surface area contributed by atoms with Crippen molar-refractivity contribution >= 4 is 6.03 Å². The number of oxazole rings is 1. The highest BCUT2D eigenvalue weighted by molar-refractivity contribution is 5.75. The third-order valence-electron chi connectivity index (χ3n) is 4.58. The molecule has 0 unspecified atom stereocenters. The van der Waals surface area contributed by atoms with Gasteiger partial charge in [0.15, 0.2) is 5.89 Å². The maximum Gasteiger partial charge on any atom is 0.318 e. The van der Waals surface area contributed by atoms with E-state index in [0.29, 0.717) is 24.6 Å². The van der Waals surface area contributed by atoms with E-state index in [4.69, 9.17) is 4.42 Å². The molecule has 1 saturated heterocycles. The lowest BCUT2D eigenvalue weighted by Crippen LogP contribution is -2.50. The second kappa shape index (κ2) is 6.63. The summed E-state index contributed by atoms with van der Waals surface area (Å²) in [4.78, 5) is 18.5. The zero-order valence-electron chi connectivity index (χ0n) is 14.0. The van der Waals surface area contributed by atoms with Gasteiger partial charge in [0.1, 0.15) is 11.6 Å². The molecule has 2 aromatic rings. The summed E-state index contributed by atoms with van der Waals surface area (Å²) in [5.74, 6) is 0.981. The molecule has 2 amide bonds. The monoisotopic (exact) mass is 331 g/mol. The van der Waals surface area contributed by atoms with E-state index < -0.39 is 0 Å². The molecule has 0 spiro atoms. The molecule has 6 heteroatoms. The number of aryl methyl sites for hydroxylation is 1. The quantitative estimate of drug-likeness (QED) is 0.934. The van der Waals surface area contributed by atoms with Crippen molar-refractivity contribution in [3.8, 4) is 0 Å². The minimum atomic E-state index is -0.265. The Morgan fingerprint density at radius 1 is 1.42 bits per heavy atom. The number of benzene rings is 1. The summed E-state index contributed by atoms with van der Waals surface area (Å²) in [6.07, 6.45) is 4.23. The minimum absolute atomic E-state index is 0.105. The van der Waals surface area contributed by atoms with E-state index in [0.717, 1.165) is 24.9 Å². The maximum atomic E-state index is 13.1. The van der Waals surface area contributed by atoms with Gasteiger partial charge in [-0.05, 0) is 43.9 Å². The molecule has 1 aliphatic heterocycles. The fourth-order valence-corrected chi connectivity index (χ4v) is 3.34. The molecule has 1 aliphatic rings. The lowest BCUT2D eigenvalue weighted by Gasteiger charge is -2.35. The number of nitrogens with one attached hydrogen (secondary N) is 1. The van der Waals surface area contributed by atoms with Crippen molar-refractivity contribution in [2.45, 2.75) is 45.2 Å². The van der Waals surface area contributed by atoms with E-state index >= 15 is 0 Å². The van der Waals surface area contributed by atoms with Crippen molar-refractivity contribution in [3.05, 3.63) is 53.5 Å². The van der Waals surface area contributed by atoms with Gasteiger partial charge in [-0.25, -0.2) is 14.2 Å². The molecule has 3 rings (SSSR count). The van der Waals surface area contributed by atoms with Crippen LogP contribution < -0.4 is 5.32 Å². The van der Waals surface area contributed by atoms with Gasteiger partial charge >= 0.3 is 6.03 Å². The van der Waals surface area contributed by atoms with Crippen LogP contribution in [0, 0.1) is 12.7 Å². The summed E-state index contributed by atoms with van der Waals surface area (Å²) >= 11 is 0. The molecule has 0 saturated carbocycles. The largest absolute Gasteiger partial charge is 0.444 e. The van der Waals surface area contributed by atoms with Crippen LogP contribution >= 0.6 is 0 Å². The predicted octanol–water partition coefficient (Wildman–Crippen LogP) is 3.43. The standard InChI is InChI=1S/C18H22FN3O2/c1-13-20-11-16(24-13)12-21-17(23)22-9-3-8-18(22,2)10-14-4-6-15(19)7-5-14/h4-7,11H,3,8-10,12H2,1-2H3,(H,21,23)/t18-/m0/s1. The van der Waals surface area contributed by atoms with Gasteiger partial charge in [-0.2, -0.15) is 0 Å². The zero-order chi connectivity index (χ0) is 17.2. The number of rotatable bonds is 4. The Morgan fingerprint density at radius 2 is 2.17 bits per heavy atom. The van der Waals surface area contributed by atoms with Gasteiger partial charge in [0.25, 0.3) is 0 Å². The summed E-state index contributed by atoms with van der Waals surface area (Å²) in [6.45, 7) is 4.90. The molecule has 1 aromatic heterocycles. The number of likely N-dealkylation sites (tertiary alicyclic amines) is 1. The third kappa shape index (κ3) is 3.58. The van der Waals surface area contributed by atoms with Crippen molar-refractivity contribution in [3.63, 3.8) is 0 Å². The molecule has 5 nitrogen and oxygen atoms in total. The number of hydrogen-bond donors (Lipinski definition) is 1. The first-order valence-corrected chi connectivity index (χ1v) is 8.17. The van der Waals surface area contributed by atoms with E-state index in [1.54, 1.807) is 25.3 Å². The predicted molar refractivity (Wildman–Crippen MR) is 87.9 cm³/mol. The Bertz CT molecular complexity index is 713. The van der Waals surface area contributed by atoms with Gasteiger partial charge in [0.05, 0.1) is 12.7 Å². The van der Waals surface area contributed by atoms with Gasteiger partial charge in [0.2, 0.25) is 0 Å². The number of carbonyl (C=O) groups is 1. The third-order valence-corrected chi connectivity index (χ3v) is 4.58. The van der Waals surface area contributed by atoms with Gasteiger partial charge in [-0.3, -0.25) is 0 Å². The van der Waals surface area contributed by atoms with Gasteiger partial charge < -0.3 is 14.6 Å². The average molecular weight is 331 g/mol. The van der Waals surface area contributed by atoms with Crippen molar-refractivity contribution in [2.24, 2.45) is 0 Å². The molecule has 24 heavy (non-hydrogen) atoms. The summed E-state index contributed by atoms with van der Waals surface area (Å²) in [7, 11) is 0. The summed E-state index contributed by atoms with van der Waals surface area (Å²) in [5, 5.41) is 2.90. The Labute approximate surface area is 140 Å². The molecule has 128 valence electrons. The first kappa shape index (κ1) is 16.5. The van der Waals surface area contributed by atoms with Gasteiger partial charge in [-0.1, -0.05) is 12.1 Å². The number of carbonyl (C=O) groups excluding carboxylic acids is 1. The summed E-state index contributed by atoms with van der Waals surface area (Å²) < 4.78 is 18.5. The topological polar surface area (TPSA) is 58.4 Å². The molecule has 1 aromatic carbocycles. The second-order valence-electron chi connectivity index (χ2n) is 6.56. The molecular weight excluding hydrogens is 309 g/mol. The first-order valence-electron chi connectivity index (χ1n) is 8.17. The fraction of sp³-hybridized carbons (Fsp3) is 0.444. The molecular formula is C18H22FN3O2. The summed E-state index contributed by atoms with van der Waals surface area (Å²) in [6, 6.07) is 6.39. The zero-order valence-corrected chi connectivity index (χ0v) is 14.0. The molecule has 1 atom stereocenters. The molecule has 0 bridgehead atoms. The Balaban J connectivity index is 1.64. The van der Waals surface area contributed by atoms with Crippen molar-refractivity contribution < 1.29 is 13.6 Å². The smallest absolute Gasteiger partial charge is 0.318 e. The molecule has 0 radical (unpaired) electrons. The number of amides is 2. The molecule has 1 N–H and O–H groups in total. The van der Waals surface area contributed by atoms with Crippen LogP contribution in [0.3, 0.4) is 0 Å². The van der Waals surface area contributed by atoms with Crippen LogP contribution in [0.2, 0.25) is 0 Å². The van der Waals surface area contributed by atoms with Crippen LogP contribution in [0.15, 0.2) is 34.9 Å². The normalized spacial score (nSPS) is 20.4.